The highest BCUT2D eigenvalue weighted by molar-refractivity contribution is 6.36. The van der Waals surface area contributed by atoms with Crippen LogP contribution in [0.3, 0.4) is 0 Å². The highest BCUT2D eigenvalue weighted by Gasteiger charge is 2.34. The predicted octanol–water partition coefficient (Wildman–Crippen LogP) is 6.16. The number of hydrogen-bond donors (Lipinski definition) is 3. The number of rotatable bonds is 11. The van der Waals surface area contributed by atoms with Crippen LogP contribution in [0, 0.1) is 0 Å². The maximum atomic E-state index is 12.8. The first-order chi connectivity index (χ1) is 22.3. The average Bonchev–Trinajstić information content (AvgIpc) is 3.43. The monoisotopic (exact) mass is 658 g/mol. The largest absolute Gasteiger partial charge is 0.354 e. The summed E-state index contributed by atoms with van der Waals surface area (Å²) in [6, 6.07) is 21.2. The van der Waals surface area contributed by atoms with E-state index in [4.69, 9.17) is 28.9 Å². The van der Waals surface area contributed by atoms with Gasteiger partial charge in [-0.05, 0) is 73.3 Å². The van der Waals surface area contributed by atoms with Crippen molar-refractivity contribution in [2.75, 3.05) is 45.8 Å². The summed E-state index contributed by atoms with van der Waals surface area (Å²) in [6.45, 7) is 12.5. The number of aryl methyl sites for hydroxylation is 1. The SMILES string of the molecule is C=Cc1ccc(-c2cn(CCCNC(=O)C3(N)CCNCC3)c3ccc(CN4CCN(Cc5c(Cl)cccc5Cl)CC4)cc23)cc1. The van der Waals surface area contributed by atoms with Gasteiger partial charge in [0.25, 0.3) is 0 Å². The average molecular weight is 660 g/mol. The zero-order valence-electron chi connectivity index (χ0n) is 26.4. The lowest BCUT2D eigenvalue weighted by Gasteiger charge is -2.35. The Balaban J connectivity index is 1.13. The molecular formula is C37H44Cl2N6O. The van der Waals surface area contributed by atoms with Gasteiger partial charge in [0, 0.05) is 90.6 Å². The van der Waals surface area contributed by atoms with Gasteiger partial charge in [-0.3, -0.25) is 14.6 Å². The van der Waals surface area contributed by atoms with Crippen molar-refractivity contribution in [1.29, 1.82) is 0 Å². The van der Waals surface area contributed by atoms with Crippen molar-refractivity contribution in [2.24, 2.45) is 5.73 Å². The first kappa shape index (κ1) is 32.8. The topological polar surface area (TPSA) is 78.6 Å². The number of piperazine rings is 1. The van der Waals surface area contributed by atoms with E-state index in [-0.39, 0.29) is 5.91 Å². The molecule has 9 heteroatoms. The number of amides is 1. The molecule has 4 N–H and O–H groups in total. The van der Waals surface area contributed by atoms with E-state index in [1.165, 1.54) is 27.6 Å². The van der Waals surface area contributed by atoms with Gasteiger partial charge in [0.1, 0.15) is 0 Å². The van der Waals surface area contributed by atoms with E-state index in [0.717, 1.165) is 86.5 Å². The lowest BCUT2D eigenvalue weighted by atomic mass is 9.88. The second-order valence-electron chi connectivity index (χ2n) is 12.7. The van der Waals surface area contributed by atoms with Gasteiger partial charge in [-0.1, -0.05) is 72.3 Å². The Morgan fingerprint density at radius 2 is 1.63 bits per heavy atom. The number of nitrogens with one attached hydrogen (secondary N) is 2. The molecule has 242 valence electrons. The quantitative estimate of drug-likeness (QED) is 0.168. The number of nitrogens with two attached hydrogens (primary N) is 1. The van der Waals surface area contributed by atoms with Gasteiger partial charge in [-0.25, -0.2) is 0 Å². The van der Waals surface area contributed by atoms with Gasteiger partial charge in [-0.15, -0.1) is 0 Å². The third kappa shape index (κ3) is 7.52. The van der Waals surface area contributed by atoms with Crippen molar-refractivity contribution in [2.45, 2.75) is 44.4 Å². The van der Waals surface area contributed by atoms with E-state index in [1.54, 1.807) is 0 Å². The van der Waals surface area contributed by atoms with Crippen LogP contribution >= 0.6 is 23.2 Å². The number of halogens is 2. The summed E-state index contributed by atoms with van der Waals surface area (Å²) in [5.41, 5.74) is 12.7. The summed E-state index contributed by atoms with van der Waals surface area (Å²) in [6.07, 6.45) is 6.30. The number of carbonyl (C=O) groups is 1. The molecule has 7 nitrogen and oxygen atoms in total. The fourth-order valence-corrected chi connectivity index (χ4v) is 7.17. The third-order valence-corrected chi connectivity index (χ3v) is 10.2. The van der Waals surface area contributed by atoms with Crippen LogP contribution in [-0.2, 0) is 24.4 Å². The summed E-state index contributed by atoms with van der Waals surface area (Å²) >= 11 is 12.9. The molecule has 3 aromatic carbocycles. The van der Waals surface area contributed by atoms with E-state index in [1.807, 2.05) is 24.3 Å². The molecule has 0 saturated carbocycles. The number of piperidine rings is 1. The minimum Gasteiger partial charge on any atom is -0.354 e. The van der Waals surface area contributed by atoms with E-state index < -0.39 is 5.54 Å². The molecule has 0 radical (unpaired) electrons. The highest BCUT2D eigenvalue weighted by atomic mass is 35.5. The number of hydrogen-bond acceptors (Lipinski definition) is 5. The molecular weight excluding hydrogens is 615 g/mol. The van der Waals surface area contributed by atoms with Crippen molar-refractivity contribution in [3.05, 3.63) is 100 Å². The van der Waals surface area contributed by atoms with Gasteiger partial charge >= 0.3 is 0 Å². The van der Waals surface area contributed by atoms with Crippen LogP contribution in [0.2, 0.25) is 10.0 Å². The Kier molecular flexibility index (Phi) is 10.5. The second kappa shape index (κ2) is 14.7. The van der Waals surface area contributed by atoms with E-state index >= 15 is 0 Å². The molecule has 0 bridgehead atoms. The molecule has 0 aliphatic carbocycles. The minimum absolute atomic E-state index is 0.0347. The number of nitrogens with zero attached hydrogens (tertiary/aromatic N) is 3. The van der Waals surface area contributed by atoms with Crippen molar-refractivity contribution < 1.29 is 4.79 Å². The standard InChI is InChI=1S/C37H44Cl2N6O/c1-2-27-7-10-29(11-8-27)31-26-45(18-4-15-42-36(46)37(40)13-16-41-17-14-37)35-12-9-28(23-30(31)35)24-43-19-21-44(22-20-43)25-32-33(38)5-3-6-34(32)39/h2-3,5-12,23,26,41H,1,4,13-22,24-25,40H2,(H,42,46). The maximum absolute atomic E-state index is 12.8. The van der Waals surface area contributed by atoms with Crippen LogP contribution in [0.15, 0.2) is 73.4 Å². The number of benzene rings is 3. The first-order valence-electron chi connectivity index (χ1n) is 16.3. The number of aromatic nitrogens is 1. The summed E-state index contributed by atoms with van der Waals surface area (Å²) < 4.78 is 2.32. The molecule has 2 saturated heterocycles. The molecule has 0 unspecified atom stereocenters. The minimum atomic E-state index is -0.761. The fourth-order valence-electron chi connectivity index (χ4n) is 6.65. The summed E-state index contributed by atoms with van der Waals surface area (Å²) in [5, 5.41) is 9.09. The van der Waals surface area contributed by atoms with Gasteiger partial charge in [-0.2, -0.15) is 0 Å². The van der Waals surface area contributed by atoms with Crippen molar-refractivity contribution in [1.82, 2.24) is 25.0 Å². The molecule has 0 atom stereocenters. The highest BCUT2D eigenvalue weighted by Crippen LogP contribution is 2.33. The van der Waals surface area contributed by atoms with Crippen LogP contribution < -0.4 is 16.4 Å². The molecule has 3 heterocycles. The molecule has 2 aliphatic rings. The molecule has 6 rings (SSSR count). The third-order valence-electron chi connectivity index (χ3n) is 9.53. The van der Waals surface area contributed by atoms with Gasteiger partial charge in [0.05, 0.1) is 5.54 Å². The Hall–Kier alpha value is -3.17. The Bertz CT molecular complexity index is 1650. The molecule has 2 aliphatic heterocycles. The van der Waals surface area contributed by atoms with E-state index in [2.05, 4.69) is 80.2 Å². The zero-order chi connectivity index (χ0) is 32.1. The first-order valence-corrected chi connectivity index (χ1v) is 17.1. The van der Waals surface area contributed by atoms with Crippen LogP contribution in [0.25, 0.3) is 28.1 Å². The van der Waals surface area contributed by atoms with Crippen molar-refractivity contribution in [3.8, 4) is 11.1 Å². The molecule has 1 aromatic heterocycles. The lowest BCUT2D eigenvalue weighted by Crippen LogP contribution is -2.59. The number of carbonyl (C=O) groups excluding carboxylic acids is 1. The van der Waals surface area contributed by atoms with Gasteiger partial charge in [0.15, 0.2) is 0 Å². The Morgan fingerprint density at radius 3 is 2.30 bits per heavy atom. The normalized spacial score (nSPS) is 17.3. The molecule has 46 heavy (non-hydrogen) atoms. The smallest absolute Gasteiger partial charge is 0.240 e. The molecule has 2 fully saturated rings. The number of fused-ring (bicyclic) bond motifs is 1. The van der Waals surface area contributed by atoms with Crippen molar-refractivity contribution >= 4 is 46.1 Å². The molecule has 0 spiro atoms. The molecule has 4 aromatic rings. The fraction of sp³-hybridized carbons (Fsp3) is 0.378. The van der Waals surface area contributed by atoms with Gasteiger partial charge in [0.2, 0.25) is 5.91 Å². The van der Waals surface area contributed by atoms with Crippen LogP contribution in [-0.4, -0.2) is 71.6 Å². The van der Waals surface area contributed by atoms with Crippen molar-refractivity contribution in [3.63, 3.8) is 0 Å². The lowest BCUT2D eigenvalue weighted by molar-refractivity contribution is -0.127. The van der Waals surface area contributed by atoms with E-state index in [9.17, 15) is 4.79 Å². The predicted molar refractivity (Wildman–Crippen MR) is 191 cm³/mol. The Morgan fingerprint density at radius 1 is 0.957 bits per heavy atom. The maximum Gasteiger partial charge on any atom is 0.240 e. The summed E-state index contributed by atoms with van der Waals surface area (Å²) in [5.74, 6) is -0.0347. The van der Waals surface area contributed by atoms with Crippen LogP contribution in [0.5, 0.6) is 0 Å². The van der Waals surface area contributed by atoms with Crippen LogP contribution in [0.4, 0.5) is 0 Å². The molecule has 1 amide bonds. The Labute approximate surface area is 282 Å². The zero-order valence-corrected chi connectivity index (χ0v) is 27.9. The van der Waals surface area contributed by atoms with Crippen LogP contribution in [0.1, 0.15) is 36.0 Å². The second-order valence-corrected chi connectivity index (χ2v) is 13.5. The van der Waals surface area contributed by atoms with E-state index in [0.29, 0.717) is 19.4 Å². The summed E-state index contributed by atoms with van der Waals surface area (Å²) in [4.78, 5) is 17.8. The van der Waals surface area contributed by atoms with Gasteiger partial charge < -0.3 is 20.9 Å². The summed E-state index contributed by atoms with van der Waals surface area (Å²) in [7, 11) is 0.